The predicted octanol–water partition coefficient (Wildman–Crippen LogP) is 2.00. The van der Waals surface area contributed by atoms with Crippen LogP contribution in [0.25, 0.3) is 11.1 Å². The molecular weight excluding hydrogens is 348 g/mol. The summed E-state index contributed by atoms with van der Waals surface area (Å²) < 4.78 is 5.35. The summed E-state index contributed by atoms with van der Waals surface area (Å²) >= 11 is 0. The van der Waals surface area contributed by atoms with Crippen LogP contribution >= 0.6 is 0 Å². The zero-order valence-corrected chi connectivity index (χ0v) is 14.7. The maximum absolute atomic E-state index is 12.9. The molecule has 138 valence electrons. The number of aromatic nitrogens is 3. The van der Waals surface area contributed by atoms with Crippen LogP contribution in [0.3, 0.4) is 0 Å². The van der Waals surface area contributed by atoms with Crippen molar-refractivity contribution in [2.24, 2.45) is 0 Å². The minimum absolute atomic E-state index is 0.0894. The Morgan fingerprint density at radius 2 is 2.04 bits per heavy atom. The van der Waals surface area contributed by atoms with E-state index in [1.807, 2.05) is 13.0 Å². The van der Waals surface area contributed by atoms with Crippen molar-refractivity contribution in [2.45, 2.75) is 25.8 Å². The Balaban J connectivity index is 1.59. The molecule has 0 saturated carbocycles. The van der Waals surface area contributed by atoms with E-state index in [-0.39, 0.29) is 11.9 Å². The van der Waals surface area contributed by atoms with Gasteiger partial charge in [0.05, 0.1) is 17.3 Å². The number of nitrogens with one attached hydrogen (secondary N) is 2. The first-order chi connectivity index (χ1) is 13.0. The van der Waals surface area contributed by atoms with E-state index < -0.39 is 11.2 Å². The fraction of sp³-hybridized carbons (Fsp3) is 0.263. The molecule has 4 rings (SSSR count). The number of aryl methyl sites for hydroxylation is 1. The molecule has 8 heteroatoms. The lowest BCUT2D eigenvalue weighted by Gasteiger charge is -2.22. The third-order valence-electron chi connectivity index (χ3n) is 4.75. The predicted molar refractivity (Wildman–Crippen MR) is 97.4 cm³/mol. The standard InChI is InChI=1S/C19H18N4O4/c1-11-9-16(27-22-11)15-3-2-8-23(15)18(25)13-6-4-12(5-7-13)14-10-20-19(26)21-17(14)24/h4-7,9-10,15H,2-3,8H2,1H3,(H2,20,21,24,26)/t15-/m1/s1. The van der Waals surface area contributed by atoms with Gasteiger partial charge in [0.15, 0.2) is 5.76 Å². The Morgan fingerprint density at radius 3 is 2.70 bits per heavy atom. The molecule has 0 spiro atoms. The summed E-state index contributed by atoms with van der Waals surface area (Å²) in [5.41, 5.74) is 1.25. The van der Waals surface area contributed by atoms with Crippen molar-refractivity contribution in [3.63, 3.8) is 0 Å². The van der Waals surface area contributed by atoms with E-state index in [4.69, 9.17) is 4.52 Å². The van der Waals surface area contributed by atoms with Crippen LogP contribution in [0.15, 0.2) is 50.6 Å². The van der Waals surface area contributed by atoms with Crippen molar-refractivity contribution < 1.29 is 9.32 Å². The van der Waals surface area contributed by atoms with Crippen LogP contribution in [0.2, 0.25) is 0 Å². The van der Waals surface area contributed by atoms with Crippen LogP contribution < -0.4 is 11.2 Å². The summed E-state index contributed by atoms with van der Waals surface area (Å²) in [7, 11) is 0. The highest BCUT2D eigenvalue weighted by Gasteiger charge is 2.33. The van der Waals surface area contributed by atoms with Crippen molar-refractivity contribution in [2.75, 3.05) is 6.54 Å². The molecular formula is C19H18N4O4. The summed E-state index contributed by atoms with van der Waals surface area (Å²) in [5, 5.41) is 3.92. The molecule has 3 heterocycles. The molecule has 0 bridgehead atoms. The van der Waals surface area contributed by atoms with Gasteiger partial charge in [0.2, 0.25) is 0 Å². The van der Waals surface area contributed by atoms with Crippen molar-refractivity contribution in [3.05, 3.63) is 74.4 Å². The lowest BCUT2D eigenvalue weighted by molar-refractivity contribution is 0.0714. The molecule has 0 aliphatic carbocycles. The van der Waals surface area contributed by atoms with Gasteiger partial charge in [-0.25, -0.2) is 4.79 Å². The maximum atomic E-state index is 12.9. The third kappa shape index (κ3) is 3.21. The van der Waals surface area contributed by atoms with E-state index in [1.54, 1.807) is 29.2 Å². The van der Waals surface area contributed by atoms with Crippen LogP contribution in [-0.2, 0) is 0 Å². The molecule has 3 aromatic rings. The van der Waals surface area contributed by atoms with E-state index >= 15 is 0 Å². The molecule has 2 aromatic heterocycles. The van der Waals surface area contributed by atoms with E-state index in [2.05, 4.69) is 15.1 Å². The molecule has 1 amide bonds. The monoisotopic (exact) mass is 366 g/mol. The number of likely N-dealkylation sites (tertiary alicyclic amines) is 1. The fourth-order valence-electron chi connectivity index (χ4n) is 3.43. The second kappa shape index (κ2) is 6.71. The molecule has 2 N–H and O–H groups in total. The lowest BCUT2D eigenvalue weighted by Crippen LogP contribution is -2.30. The van der Waals surface area contributed by atoms with Crippen molar-refractivity contribution in [1.82, 2.24) is 20.0 Å². The SMILES string of the molecule is Cc1cc([C@H]2CCCN2C(=O)c2ccc(-c3c[nH]c(=O)[nH]c3=O)cc2)on1. The Bertz CT molecular complexity index is 1090. The van der Waals surface area contributed by atoms with E-state index in [0.717, 1.165) is 18.5 Å². The van der Waals surface area contributed by atoms with Crippen molar-refractivity contribution in [1.29, 1.82) is 0 Å². The number of nitrogens with zero attached hydrogens (tertiary/aromatic N) is 2. The number of carbonyl (C=O) groups is 1. The molecule has 1 atom stereocenters. The normalized spacial score (nSPS) is 16.6. The van der Waals surface area contributed by atoms with Gasteiger partial charge in [-0.05, 0) is 37.5 Å². The minimum Gasteiger partial charge on any atom is -0.359 e. The molecule has 0 unspecified atom stereocenters. The lowest BCUT2D eigenvalue weighted by atomic mass is 10.1. The van der Waals surface area contributed by atoms with Gasteiger partial charge in [-0.3, -0.25) is 14.6 Å². The second-order valence-corrected chi connectivity index (χ2v) is 6.59. The molecule has 1 aliphatic rings. The molecule has 1 saturated heterocycles. The minimum atomic E-state index is -0.557. The number of H-pyrrole nitrogens is 2. The van der Waals surface area contributed by atoms with Crippen LogP contribution in [0.4, 0.5) is 0 Å². The van der Waals surface area contributed by atoms with Gasteiger partial charge in [0.25, 0.3) is 11.5 Å². The zero-order chi connectivity index (χ0) is 19.0. The number of amides is 1. The number of hydrogen-bond acceptors (Lipinski definition) is 5. The average Bonchev–Trinajstić information content (AvgIpc) is 3.30. The molecule has 8 nitrogen and oxygen atoms in total. The third-order valence-corrected chi connectivity index (χ3v) is 4.75. The van der Waals surface area contributed by atoms with Gasteiger partial charge in [-0.2, -0.15) is 0 Å². The van der Waals surface area contributed by atoms with Gasteiger partial charge < -0.3 is 14.4 Å². The molecule has 27 heavy (non-hydrogen) atoms. The van der Waals surface area contributed by atoms with E-state index in [9.17, 15) is 14.4 Å². The van der Waals surface area contributed by atoms with E-state index in [0.29, 0.717) is 29.0 Å². The average molecular weight is 366 g/mol. The van der Waals surface area contributed by atoms with Gasteiger partial charge in [-0.1, -0.05) is 17.3 Å². The van der Waals surface area contributed by atoms with Gasteiger partial charge >= 0.3 is 5.69 Å². The smallest absolute Gasteiger partial charge is 0.325 e. The quantitative estimate of drug-likeness (QED) is 0.736. The summed E-state index contributed by atoms with van der Waals surface area (Å²) in [6.45, 7) is 2.51. The number of carbonyl (C=O) groups excluding carboxylic acids is 1. The number of benzene rings is 1. The fourth-order valence-corrected chi connectivity index (χ4v) is 3.43. The van der Waals surface area contributed by atoms with Crippen LogP contribution in [0, 0.1) is 6.92 Å². The number of hydrogen-bond donors (Lipinski definition) is 2. The summed E-state index contributed by atoms with van der Waals surface area (Å²) in [5.74, 6) is 0.614. The first-order valence-corrected chi connectivity index (χ1v) is 8.69. The van der Waals surface area contributed by atoms with Crippen molar-refractivity contribution >= 4 is 5.91 Å². The molecule has 0 radical (unpaired) electrons. The number of rotatable bonds is 3. The Hall–Kier alpha value is -3.42. The first-order valence-electron chi connectivity index (χ1n) is 8.69. The van der Waals surface area contributed by atoms with E-state index in [1.165, 1.54) is 6.20 Å². The summed E-state index contributed by atoms with van der Waals surface area (Å²) in [6, 6.07) is 8.51. The first kappa shape index (κ1) is 17.0. The highest BCUT2D eigenvalue weighted by atomic mass is 16.5. The Kier molecular flexibility index (Phi) is 4.23. The highest BCUT2D eigenvalue weighted by molar-refractivity contribution is 5.95. The zero-order valence-electron chi connectivity index (χ0n) is 14.7. The number of aromatic amines is 2. The topological polar surface area (TPSA) is 112 Å². The summed E-state index contributed by atoms with van der Waals surface area (Å²) in [6.07, 6.45) is 3.10. The Morgan fingerprint density at radius 1 is 1.26 bits per heavy atom. The largest absolute Gasteiger partial charge is 0.359 e. The van der Waals surface area contributed by atoms with Crippen LogP contribution in [0.1, 0.15) is 40.7 Å². The van der Waals surface area contributed by atoms with Crippen LogP contribution in [0.5, 0.6) is 0 Å². The van der Waals surface area contributed by atoms with Crippen molar-refractivity contribution in [3.8, 4) is 11.1 Å². The maximum Gasteiger partial charge on any atom is 0.325 e. The van der Waals surface area contributed by atoms with Gasteiger partial charge in [-0.15, -0.1) is 0 Å². The molecule has 1 aromatic carbocycles. The molecule has 1 fully saturated rings. The van der Waals surface area contributed by atoms with Gasteiger partial charge in [0, 0.05) is 24.4 Å². The van der Waals surface area contributed by atoms with Crippen LogP contribution in [-0.4, -0.2) is 32.5 Å². The summed E-state index contributed by atoms with van der Waals surface area (Å²) in [4.78, 5) is 42.4. The Labute approximate surface area is 153 Å². The highest BCUT2D eigenvalue weighted by Crippen LogP contribution is 2.33. The molecule has 1 aliphatic heterocycles. The second-order valence-electron chi connectivity index (χ2n) is 6.59. The van der Waals surface area contributed by atoms with Gasteiger partial charge in [0.1, 0.15) is 0 Å².